The summed E-state index contributed by atoms with van der Waals surface area (Å²) in [5.74, 6) is -0.559. The molecule has 0 unspecified atom stereocenters. The number of hydrogen-bond donors (Lipinski definition) is 1. The zero-order valence-corrected chi connectivity index (χ0v) is 12.5. The molecule has 0 aromatic carbocycles. The van der Waals surface area contributed by atoms with E-state index in [9.17, 15) is 13.2 Å². The van der Waals surface area contributed by atoms with Crippen LogP contribution in [-0.2, 0) is 21.3 Å². The van der Waals surface area contributed by atoms with Crippen LogP contribution in [0.5, 0.6) is 0 Å². The van der Waals surface area contributed by atoms with Crippen LogP contribution < -0.4 is 5.14 Å². The average Bonchev–Trinajstić information content (AvgIpc) is 2.59. The summed E-state index contributed by atoms with van der Waals surface area (Å²) in [5.41, 5.74) is -0.444. The lowest BCUT2D eigenvalue weighted by atomic mass is 10.2. The summed E-state index contributed by atoms with van der Waals surface area (Å²) in [6.45, 7) is 7.69. The van der Waals surface area contributed by atoms with Gasteiger partial charge in [-0.25, -0.2) is 18.4 Å². The molecule has 2 N–H and O–H groups in total. The molecule has 1 aromatic heterocycles. The number of aromatic nitrogens is 1. The van der Waals surface area contributed by atoms with Gasteiger partial charge < -0.3 is 9.30 Å². The number of rotatable bonds is 4. The van der Waals surface area contributed by atoms with Gasteiger partial charge in [0.2, 0.25) is 10.0 Å². The van der Waals surface area contributed by atoms with E-state index in [4.69, 9.17) is 9.88 Å². The standard InChI is InChI=1S/C12H20N2O4S/c1-5-6-14-8-9(19(13,16)17)7-10(14)11(15)18-12(2,3)4/h7-8H,5-6H2,1-4H3,(H2,13,16,17). The molecule has 19 heavy (non-hydrogen) atoms. The van der Waals surface area contributed by atoms with Gasteiger partial charge in [0.15, 0.2) is 0 Å². The predicted octanol–water partition coefficient (Wildman–Crippen LogP) is 1.50. The quantitative estimate of drug-likeness (QED) is 0.850. The molecular formula is C12H20N2O4S. The van der Waals surface area contributed by atoms with E-state index < -0.39 is 21.6 Å². The van der Waals surface area contributed by atoms with Crippen LogP contribution in [0, 0.1) is 0 Å². The Morgan fingerprint density at radius 3 is 2.42 bits per heavy atom. The highest BCUT2D eigenvalue weighted by atomic mass is 32.2. The fraction of sp³-hybridized carbons (Fsp3) is 0.583. The van der Waals surface area contributed by atoms with Gasteiger partial charge in [-0.15, -0.1) is 0 Å². The van der Waals surface area contributed by atoms with Gasteiger partial charge in [-0.1, -0.05) is 6.92 Å². The van der Waals surface area contributed by atoms with E-state index in [-0.39, 0.29) is 10.6 Å². The zero-order chi connectivity index (χ0) is 14.8. The Labute approximate surface area is 113 Å². The highest BCUT2D eigenvalue weighted by Gasteiger charge is 2.23. The number of sulfonamides is 1. The number of carbonyl (C=O) groups excluding carboxylic acids is 1. The molecule has 0 atom stereocenters. The minimum absolute atomic E-state index is 0.0817. The first-order chi connectivity index (χ1) is 8.54. The number of hydrogen-bond acceptors (Lipinski definition) is 4. The fourth-order valence-corrected chi connectivity index (χ4v) is 2.12. The second-order valence-electron chi connectivity index (χ2n) is 5.30. The molecule has 0 saturated carbocycles. The minimum Gasteiger partial charge on any atom is -0.455 e. The Bertz CT molecular complexity index is 567. The number of ether oxygens (including phenoxy) is 1. The molecule has 0 fully saturated rings. The van der Waals surface area contributed by atoms with E-state index in [2.05, 4.69) is 0 Å². The van der Waals surface area contributed by atoms with Crippen molar-refractivity contribution in [3.8, 4) is 0 Å². The van der Waals surface area contributed by atoms with Gasteiger partial charge in [-0.05, 0) is 33.3 Å². The van der Waals surface area contributed by atoms with Gasteiger partial charge in [-0.2, -0.15) is 0 Å². The fourth-order valence-electron chi connectivity index (χ4n) is 1.57. The Morgan fingerprint density at radius 2 is 2.00 bits per heavy atom. The number of nitrogens with zero attached hydrogens (tertiary/aromatic N) is 1. The maximum Gasteiger partial charge on any atom is 0.355 e. The van der Waals surface area contributed by atoms with Crippen LogP contribution in [0.25, 0.3) is 0 Å². The summed E-state index contributed by atoms with van der Waals surface area (Å²) < 4.78 is 29.4. The molecule has 0 saturated heterocycles. The van der Waals surface area contributed by atoms with Crippen LogP contribution in [-0.4, -0.2) is 24.6 Å². The topological polar surface area (TPSA) is 91.4 Å². The van der Waals surface area contributed by atoms with Gasteiger partial charge in [0.25, 0.3) is 0 Å². The highest BCUT2D eigenvalue weighted by molar-refractivity contribution is 7.89. The molecule has 1 aromatic rings. The van der Waals surface area contributed by atoms with E-state index in [1.54, 1.807) is 25.3 Å². The molecule has 1 heterocycles. The summed E-state index contributed by atoms with van der Waals surface area (Å²) in [6.07, 6.45) is 2.12. The molecular weight excluding hydrogens is 268 g/mol. The Hall–Kier alpha value is -1.34. The van der Waals surface area contributed by atoms with Crippen LogP contribution in [0.4, 0.5) is 0 Å². The SMILES string of the molecule is CCCn1cc(S(N)(=O)=O)cc1C(=O)OC(C)(C)C. The van der Waals surface area contributed by atoms with E-state index in [1.165, 1.54) is 12.3 Å². The average molecular weight is 288 g/mol. The lowest BCUT2D eigenvalue weighted by molar-refractivity contribution is 0.00576. The van der Waals surface area contributed by atoms with Crippen molar-refractivity contribution in [2.75, 3.05) is 0 Å². The van der Waals surface area contributed by atoms with E-state index >= 15 is 0 Å². The first-order valence-corrected chi connectivity index (χ1v) is 7.55. The smallest absolute Gasteiger partial charge is 0.355 e. The van der Waals surface area contributed by atoms with Gasteiger partial charge in [-0.3, -0.25) is 0 Å². The Balaban J connectivity index is 3.18. The summed E-state index contributed by atoms with van der Waals surface area (Å²) in [5, 5.41) is 5.07. The molecule has 0 amide bonds. The lowest BCUT2D eigenvalue weighted by Crippen LogP contribution is -2.25. The zero-order valence-electron chi connectivity index (χ0n) is 11.6. The molecule has 1 rings (SSSR count). The van der Waals surface area contributed by atoms with E-state index in [0.717, 1.165) is 6.42 Å². The predicted molar refractivity (Wildman–Crippen MR) is 71.3 cm³/mol. The first-order valence-electron chi connectivity index (χ1n) is 6.01. The summed E-state index contributed by atoms with van der Waals surface area (Å²) in [4.78, 5) is 11.9. The minimum atomic E-state index is -3.83. The van der Waals surface area contributed by atoms with Crippen molar-refractivity contribution in [3.05, 3.63) is 18.0 Å². The van der Waals surface area contributed by atoms with Crippen molar-refractivity contribution in [1.29, 1.82) is 0 Å². The molecule has 0 bridgehead atoms. The van der Waals surface area contributed by atoms with Crippen molar-refractivity contribution in [3.63, 3.8) is 0 Å². The summed E-state index contributed by atoms with van der Waals surface area (Å²) in [6, 6.07) is 1.25. The van der Waals surface area contributed by atoms with Crippen molar-refractivity contribution in [2.45, 2.75) is 51.2 Å². The molecule has 0 spiro atoms. The molecule has 108 valence electrons. The van der Waals surface area contributed by atoms with Gasteiger partial charge in [0.1, 0.15) is 16.2 Å². The second kappa shape index (κ2) is 5.34. The molecule has 0 aliphatic rings. The first kappa shape index (κ1) is 15.7. The Morgan fingerprint density at radius 1 is 1.42 bits per heavy atom. The third-order valence-corrected chi connectivity index (χ3v) is 3.15. The number of carbonyl (C=O) groups is 1. The van der Waals surface area contributed by atoms with Crippen LogP contribution in [0.2, 0.25) is 0 Å². The van der Waals surface area contributed by atoms with E-state index in [0.29, 0.717) is 6.54 Å². The third kappa shape index (κ3) is 4.36. The Kier molecular flexibility index (Phi) is 4.42. The lowest BCUT2D eigenvalue weighted by Gasteiger charge is -2.19. The monoisotopic (exact) mass is 288 g/mol. The van der Waals surface area contributed by atoms with Crippen molar-refractivity contribution in [1.82, 2.24) is 4.57 Å². The summed E-state index contributed by atoms with van der Waals surface area (Å²) in [7, 11) is -3.83. The van der Waals surface area contributed by atoms with Crippen LogP contribution in [0.1, 0.15) is 44.6 Å². The molecule has 0 aliphatic heterocycles. The third-order valence-electron chi connectivity index (χ3n) is 2.27. The maximum absolute atomic E-state index is 12.0. The van der Waals surface area contributed by atoms with Gasteiger partial charge in [0.05, 0.1) is 0 Å². The normalized spacial score (nSPS) is 12.5. The van der Waals surface area contributed by atoms with E-state index in [1.807, 2.05) is 6.92 Å². The van der Waals surface area contributed by atoms with Crippen LogP contribution in [0.15, 0.2) is 17.2 Å². The molecule has 6 nitrogen and oxygen atoms in total. The van der Waals surface area contributed by atoms with Crippen molar-refractivity contribution in [2.24, 2.45) is 5.14 Å². The summed E-state index contributed by atoms with van der Waals surface area (Å²) >= 11 is 0. The number of esters is 1. The van der Waals surface area contributed by atoms with Crippen molar-refractivity contribution < 1.29 is 17.9 Å². The molecule has 0 aliphatic carbocycles. The molecule has 7 heteroatoms. The largest absolute Gasteiger partial charge is 0.455 e. The number of nitrogens with two attached hydrogens (primary N) is 1. The van der Waals surface area contributed by atoms with Crippen molar-refractivity contribution >= 4 is 16.0 Å². The van der Waals surface area contributed by atoms with Crippen LogP contribution in [0.3, 0.4) is 0 Å². The van der Waals surface area contributed by atoms with Gasteiger partial charge >= 0.3 is 5.97 Å². The second-order valence-corrected chi connectivity index (χ2v) is 6.86. The van der Waals surface area contributed by atoms with Gasteiger partial charge in [0, 0.05) is 12.7 Å². The number of aryl methyl sites for hydroxylation is 1. The maximum atomic E-state index is 12.0. The highest BCUT2D eigenvalue weighted by Crippen LogP contribution is 2.18. The van der Waals surface area contributed by atoms with Crippen LogP contribution >= 0.6 is 0 Å². The number of primary sulfonamides is 1. The molecule has 0 radical (unpaired) electrons.